The van der Waals surface area contributed by atoms with Gasteiger partial charge in [-0.3, -0.25) is 0 Å². The lowest BCUT2D eigenvalue weighted by atomic mass is 10.1. The molecule has 0 spiro atoms. The number of unbranched alkanes of at least 4 members (excludes halogenated alkanes) is 4. The molecule has 0 amide bonds. The third kappa shape index (κ3) is 12.4. The van der Waals surface area contributed by atoms with Crippen molar-refractivity contribution >= 4 is 22.6 Å². The SMILES string of the molecule is CC(C)(C)OCCCCCC/C=C/I. The molecule has 0 atom stereocenters. The summed E-state index contributed by atoms with van der Waals surface area (Å²) in [5.74, 6) is 0. The number of allylic oxidation sites excluding steroid dienone is 1. The summed E-state index contributed by atoms with van der Waals surface area (Å²) in [6.07, 6.45) is 8.59. The lowest BCUT2D eigenvalue weighted by Crippen LogP contribution is -2.19. The maximum Gasteiger partial charge on any atom is 0.0598 e. The molecular weight excluding hydrogens is 287 g/mol. The Balaban J connectivity index is 3.07. The molecule has 14 heavy (non-hydrogen) atoms. The van der Waals surface area contributed by atoms with E-state index in [-0.39, 0.29) is 5.60 Å². The molecule has 0 aromatic rings. The van der Waals surface area contributed by atoms with Gasteiger partial charge in [-0.2, -0.15) is 0 Å². The zero-order valence-electron chi connectivity index (χ0n) is 9.68. The van der Waals surface area contributed by atoms with Crippen molar-refractivity contribution in [3.05, 3.63) is 10.2 Å². The molecule has 0 saturated heterocycles. The number of ether oxygens (including phenoxy) is 1. The fourth-order valence-electron chi connectivity index (χ4n) is 1.16. The van der Waals surface area contributed by atoms with E-state index in [0.29, 0.717) is 0 Å². The summed E-state index contributed by atoms with van der Waals surface area (Å²) in [5, 5.41) is 0. The van der Waals surface area contributed by atoms with Gasteiger partial charge >= 0.3 is 0 Å². The van der Waals surface area contributed by atoms with E-state index >= 15 is 0 Å². The molecule has 0 unspecified atom stereocenters. The number of hydrogen-bond acceptors (Lipinski definition) is 1. The molecule has 2 heteroatoms. The van der Waals surface area contributed by atoms with Gasteiger partial charge in [0.15, 0.2) is 0 Å². The van der Waals surface area contributed by atoms with Gasteiger partial charge in [-0.1, -0.05) is 41.5 Å². The maximum absolute atomic E-state index is 5.64. The van der Waals surface area contributed by atoms with E-state index in [1.165, 1.54) is 32.1 Å². The highest BCUT2D eigenvalue weighted by atomic mass is 127. The van der Waals surface area contributed by atoms with Crippen molar-refractivity contribution in [1.29, 1.82) is 0 Å². The fourth-order valence-corrected chi connectivity index (χ4v) is 1.52. The first-order valence-electron chi connectivity index (χ1n) is 5.45. The van der Waals surface area contributed by atoms with Crippen LogP contribution in [0.3, 0.4) is 0 Å². The van der Waals surface area contributed by atoms with Crippen molar-refractivity contribution in [3.8, 4) is 0 Å². The first-order valence-corrected chi connectivity index (χ1v) is 6.70. The minimum absolute atomic E-state index is 0.0317. The van der Waals surface area contributed by atoms with Crippen LogP contribution in [0.25, 0.3) is 0 Å². The average molecular weight is 310 g/mol. The molecule has 84 valence electrons. The molecule has 0 aliphatic carbocycles. The molecule has 0 saturated carbocycles. The van der Waals surface area contributed by atoms with Gasteiger partial charge in [-0.15, -0.1) is 0 Å². The second-order valence-electron chi connectivity index (χ2n) is 4.53. The van der Waals surface area contributed by atoms with E-state index < -0.39 is 0 Å². The van der Waals surface area contributed by atoms with Crippen LogP contribution in [0.4, 0.5) is 0 Å². The molecule has 0 N–H and O–H groups in total. The summed E-state index contributed by atoms with van der Waals surface area (Å²) >= 11 is 2.27. The summed E-state index contributed by atoms with van der Waals surface area (Å²) in [7, 11) is 0. The van der Waals surface area contributed by atoms with Gasteiger partial charge in [0.25, 0.3) is 0 Å². The Labute approximate surface area is 102 Å². The molecule has 0 radical (unpaired) electrons. The van der Waals surface area contributed by atoms with Crippen molar-refractivity contribution in [3.63, 3.8) is 0 Å². The number of hydrogen-bond donors (Lipinski definition) is 0. The Kier molecular flexibility index (Phi) is 8.98. The van der Waals surface area contributed by atoms with Crippen molar-refractivity contribution in [2.24, 2.45) is 0 Å². The van der Waals surface area contributed by atoms with Crippen LogP contribution in [0.1, 0.15) is 52.9 Å². The van der Waals surface area contributed by atoms with Gasteiger partial charge in [-0.05, 0) is 44.1 Å². The summed E-state index contributed by atoms with van der Waals surface area (Å²) < 4.78 is 7.74. The molecule has 0 aromatic carbocycles. The third-order valence-electron chi connectivity index (χ3n) is 1.89. The topological polar surface area (TPSA) is 9.23 Å². The first kappa shape index (κ1) is 14.4. The first-order chi connectivity index (χ1) is 6.56. The van der Waals surface area contributed by atoms with Crippen molar-refractivity contribution in [2.45, 2.75) is 58.5 Å². The van der Waals surface area contributed by atoms with Crippen LogP contribution in [0.2, 0.25) is 0 Å². The Morgan fingerprint density at radius 3 is 2.29 bits per heavy atom. The molecule has 0 aliphatic heterocycles. The molecule has 0 fully saturated rings. The van der Waals surface area contributed by atoms with Crippen LogP contribution in [0, 0.1) is 0 Å². The van der Waals surface area contributed by atoms with Gasteiger partial charge in [0.2, 0.25) is 0 Å². The molecule has 0 bridgehead atoms. The Morgan fingerprint density at radius 1 is 1.07 bits per heavy atom. The minimum Gasteiger partial charge on any atom is -0.376 e. The quantitative estimate of drug-likeness (QED) is 0.489. The maximum atomic E-state index is 5.64. The van der Waals surface area contributed by atoms with Gasteiger partial charge in [0.05, 0.1) is 5.60 Å². The van der Waals surface area contributed by atoms with Gasteiger partial charge in [0, 0.05) is 6.61 Å². The second-order valence-corrected chi connectivity index (χ2v) is 5.24. The Hall–Kier alpha value is 0.430. The van der Waals surface area contributed by atoms with Gasteiger partial charge < -0.3 is 4.74 Å². The van der Waals surface area contributed by atoms with Crippen molar-refractivity contribution in [2.75, 3.05) is 6.61 Å². The van der Waals surface area contributed by atoms with Crippen molar-refractivity contribution < 1.29 is 4.74 Å². The van der Waals surface area contributed by atoms with Gasteiger partial charge in [0.1, 0.15) is 0 Å². The van der Waals surface area contributed by atoms with E-state index in [4.69, 9.17) is 4.74 Å². The number of rotatable bonds is 7. The molecule has 1 nitrogen and oxygen atoms in total. The van der Waals surface area contributed by atoms with E-state index in [2.05, 4.69) is 53.5 Å². The normalized spacial score (nSPS) is 12.6. The highest BCUT2D eigenvalue weighted by Gasteiger charge is 2.08. The highest BCUT2D eigenvalue weighted by Crippen LogP contribution is 2.09. The summed E-state index contributed by atoms with van der Waals surface area (Å²) in [6.45, 7) is 7.24. The van der Waals surface area contributed by atoms with E-state index in [1.807, 2.05) is 0 Å². The van der Waals surface area contributed by atoms with Crippen LogP contribution in [-0.4, -0.2) is 12.2 Å². The monoisotopic (exact) mass is 310 g/mol. The average Bonchev–Trinajstić information content (AvgIpc) is 2.08. The predicted molar refractivity (Wildman–Crippen MR) is 72.0 cm³/mol. The van der Waals surface area contributed by atoms with Gasteiger partial charge in [-0.25, -0.2) is 0 Å². The second kappa shape index (κ2) is 8.72. The molecular formula is C12H23IO. The van der Waals surface area contributed by atoms with E-state index in [9.17, 15) is 0 Å². The van der Waals surface area contributed by atoms with E-state index in [0.717, 1.165) is 6.61 Å². The summed E-state index contributed by atoms with van der Waals surface area (Å²) in [5.41, 5.74) is 0.0317. The Bertz CT molecular complexity index is 147. The zero-order chi connectivity index (χ0) is 10.9. The van der Waals surface area contributed by atoms with Crippen LogP contribution in [-0.2, 0) is 4.74 Å². The summed E-state index contributed by atoms with van der Waals surface area (Å²) in [6, 6.07) is 0. The van der Waals surface area contributed by atoms with Crippen LogP contribution in [0.15, 0.2) is 10.2 Å². The predicted octanol–water partition coefficient (Wildman–Crippen LogP) is 4.70. The van der Waals surface area contributed by atoms with Crippen LogP contribution in [0.5, 0.6) is 0 Å². The van der Waals surface area contributed by atoms with Crippen molar-refractivity contribution in [1.82, 2.24) is 0 Å². The third-order valence-corrected chi connectivity index (χ3v) is 2.40. The fraction of sp³-hybridized carbons (Fsp3) is 0.833. The molecule has 0 aromatic heterocycles. The lowest BCUT2D eigenvalue weighted by molar-refractivity contribution is -0.00473. The summed E-state index contributed by atoms with van der Waals surface area (Å²) in [4.78, 5) is 0. The van der Waals surface area contributed by atoms with E-state index in [1.54, 1.807) is 0 Å². The lowest BCUT2D eigenvalue weighted by Gasteiger charge is -2.19. The Morgan fingerprint density at radius 2 is 1.71 bits per heavy atom. The smallest absolute Gasteiger partial charge is 0.0598 e. The number of halogens is 1. The zero-order valence-corrected chi connectivity index (χ0v) is 11.8. The standard InChI is InChI=1S/C12H23IO/c1-12(2,3)14-11-9-7-5-4-6-8-10-13/h8,10H,4-7,9,11H2,1-3H3/b10-8+. The van der Waals surface area contributed by atoms with Crippen LogP contribution < -0.4 is 0 Å². The molecule has 0 rings (SSSR count). The molecule has 0 heterocycles. The van der Waals surface area contributed by atoms with Crippen LogP contribution >= 0.6 is 22.6 Å². The minimum atomic E-state index is 0.0317. The largest absolute Gasteiger partial charge is 0.376 e. The highest BCUT2D eigenvalue weighted by molar-refractivity contribution is 14.1. The molecule has 0 aliphatic rings.